The summed E-state index contributed by atoms with van der Waals surface area (Å²) in [6.45, 7) is -0.565. The number of benzene rings is 1. The first-order chi connectivity index (χ1) is 11.1. The Balaban J connectivity index is 2.63. The van der Waals surface area contributed by atoms with Crippen molar-refractivity contribution in [2.24, 2.45) is 0 Å². The van der Waals surface area contributed by atoms with Crippen LogP contribution in [0.4, 0.5) is 19.1 Å². The van der Waals surface area contributed by atoms with Crippen LogP contribution in [0, 0.1) is 0 Å². The first-order valence-electron chi connectivity index (χ1n) is 6.42. The highest BCUT2D eigenvalue weighted by Gasteiger charge is 2.34. The highest BCUT2D eigenvalue weighted by atomic mass is 35.5. The van der Waals surface area contributed by atoms with Crippen molar-refractivity contribution >= 4 is 35.1 Å². The minimum absolute atomic E-state index is 0.114. The van der Waals surface area contributed by atoms with E-state index in [4.69, 9.17) is 28.3 Å². The smallest absolute Gasteiger partial charge is 0.433 e. The minimum Gasteiger partial charge on any atom is -0.480 e. The number of alkyl halides is 3. The fraction of sp³-hybridized carbons (Fsp3) is 0.214. The number of carboxylic acid groups (broad SMARTS) is 1. The third kappa shape index (κ3) is 4.27. The van der Waals surface area contributed by atoms with Crippen LogP contribution in [0.5, 0.6) is 0 Å². The predicted molar refractivity (Wildman–Crippen MR) is 83.4 cm³/mol. The number of rotatable bonds is 4. The molecule has 0 radical (unpaired) electrons. The van der Waals surface area contributed by atoms with Crippen molar-refractivity contribution in [1.29, 1.82) is 0 Å². The Kier molecular flexibility index (Phi) is 5.19. The van der Waals surface area contributed by atoms with Gasteiger partial charge in [0, 0.05) is 17.6 Å². The third-order valence-electron chi connectivity index (χ3n) is 2.92. The van der Waals surface area contributed by atoms with Crippen LogP contribution in [0.3, 0.4) is 0 Å². The Morgan fingerprint density at radius 1 is 1.25 bits per heavy atom. The average molecular weight is 380 g/mol. The summed E-state index contributed by atoms with van der Waals surface area (Å²) in [5.41, 5.74) is -1.14. The quantitative estimate of drug-likeness (QED) is 0.869. The van der Waals surface area contributed by atoms with Gasteiger partial charge in [-0.2, -0.15) is 13.2 Å². The molecule has 2 rings (SSSR count). The van der Waals surface area contributed by atoms with Gasteiger partial charge in [0.25, 0.3) is 0 Å². The van der Waals surface area contributed by atoms with Crippen LogP contribution in [0.25, 0.3) is 11.3 Å². The van der Waals surface area contributed by atoms with Crippen LogP contribution < -0.4 is 4.90 Å². The Morgan fingerprint density at radius 3 is 2.50 bits per heavy atom. The Morgan fingerprint density at radius 2 is 1.92 bits per heavy atom. The monoisotopic (exact) mass is 379 g/mol. The van der Waals surface area contributed by atoms with E-state index in [-0.39, 0.29) is 21.3 Å². The van der Waals surface area contributed by atoms with Crippen LogP contribution in [0.2, 0.25) is 10.0 Å². The molecule has 10 heteroatoms. The van der Waals surface area contributed by atoms with E-state index >= 15 is 0 Å². The Bertz CT molecular complexity index is 784. The summed E-state index contributed by atoms with van der Waals surface area (Å²) in [6.07, 6.45) is -4.73. The van der Waals surface area contributed by atoms with Crippen molar-refractivity contribution in [3.05, 3.63) is 40.0 Å². The van der Waals surface area contributed by atoms with Gasteiger partial charge in [0.05, 0.1) is 10.7 Å². The van der Waals surface area contributed by atoms with Gasteiger partial charge in [0.2, 0.25) is 5.95 Å². The molecule has 0 bridgehead atoms. The standard InChI is InChI=1S/C14H10Cl2F3N3O2/c1-22(6-12(23)24)13-20-10(5-11(21-13)14(17,18)19)8-4-7(15)2-3-9(8)16/h2-5H,6H2,1H3,(H,23,24). The fourth-order valence-corrected chi connectivity index (χ4v) is 2.24. The number of carboxylic acids is 1. The van der Waals surface area contributed by atoms with Gasteiger partial charge in [0.1, 0.15) is 6.54 Å². The first kappa shape index (κ1) is 18.3. The number of hydrogen-bond acceptors (Lipinski definition) is 4. The molecule has 0 atom stereocenters. The molecule has 0 saturated carbocycles. The zero-order valence-corrected chi connectivity index (χ0v) is 13.6. The maximum Gasteiger partial charge on any atom is 0.433 e. The summed E-state index contributed by atoms with van der Waals surface area (Å²) in [5, 5.41) is 9.20. The third-order valence-corrected chi connectivity index (χ3v) is 3.49. The van der Waals surface area contributed by atoms with Crippen molar-refractivity contribution in [2.75, 3.05) is 18.5 Å². The molecule has 0 fully saturated rings. The second-order valence-electron chi connectivity index (χ2n) is 4.81. The molecule has 5 nitrogen and oxygen atoms in total. The molecule has 0 amide bonds. The van der Waals surface area contributed by atoms with E-state index in [1.807, 2.05) is 0 Å². The van der Waals surface area contributed by atoms with Crippen molar-refractivity contribution < 1.29 is 23.1 Å². The summed E-state index contributed by atoms with van der Waals surface area (Å²) >= 11 is 11.9. The largest absolute Gasteiger partial charge is 0.480 e. The minimum atomic E-state index is -4.73. The van der Waals surface area contributed by atoms with E-state index < -0.39 is 30.3 Å². The number of aromatic nitrogens is 2. The highest BCUT2D eigenvalue weighted by molar-refractivity contribution is 6.35. The van der Waals surface area contributed by atoms with Crippen LogP contribution in [0.1, 0.15) is 5.69 Å². The molecule has 0 unspecified atom stereocenters. The fourth-order valence-electron chi connectivity index (χ4n) is 1.86. The van der Waals surface area contributed by atoms with E-state index in [1.165, 1.54) is 25.2 Å². The lowest BCUT2D eigenvalue weighted by Crippen LogP contribution is -2.28. The molecule has 2 aromatic rings. The number of hydrogen-bond donors (Lipinski definition) is 1. The Labute approximate surface area is 144 Å². The van der Waals surface area contributed by atoms with E-state index in [0.717, 1.165) is 11.0 Å². The average Bonchev–Trinajstić information content (AvgIpc) is 2.47. The maximum absolute atomic E-state index is 13.1. The maximum atomic E-state index is 13.1. The molecule has 128 valence electrons. The van der Waals surface area contributed by atoms with Gasteiger partial charge < -0.3 is 10.0 Å². The molecule has 1 heterocycles. The summed E-state index contributed by atoms with van der Waals surface area (Å²) in [5.74, 6) is -1.63. The molecule has 24 heavy (non-hydrogen) atoms. The van der Waals surface area contributed by atoms with Gasteiger partial charge in [-0.15, -0.1) is 0 Å². The van der Waals surface area contributed by atoms with E-state index in [0.29, 0.717) is 0 Å². The SMILES string of the molecule is CN(CC(=O)O)c1nc(-c2cc(Cl)ccc2Cl)cc(C(F)(F)F)n1. The first-order valence-corrected chi connectivity index (χ1v) is 7.18. The molecule has 1 aromatic carbocycles. The topological polar surface area (TPSA) is 66.3 Å². The number of likely N-dealkylation sites (N-methyl/N-ethyl adjacent to an activating group) is 1. The molecular formula is C14H10Cl2F3N3O2. The second-order valence-corrected chi connectivity index (χ2v) is 5.65. The number of carbonyl (C=O) groups is 1. The van der Waals surface area contributed by atoms with Crippen LogP contribution >= 0.6 is 23.2 Å². The van der Waals surface area contributed by atoms with Gasteiger partial charge in [-0.1, -0.05) is 23.2 Å². The molecule has 0 aliphatic heterocycles. The number of anilines is 1. The van der Waals surface area contributed by atoms with E-state index in [1.54, 1.807) is 0 Å². The van der Waals surface area contributed by atoms with Gasteiger partial charge in [0.15, 0.2) is 5.69 Å². The lowest BCUT2D eigenvalue weighted by atomic mass is 10.1. The van der Waals surface area contributed by atoms with Crippen LogP contribution in [0.15, 0.2) is 24.3 Å². The molecule has 0 spiro atoms. The highest BCUT2D eigenvalue weighted by Crippen LogP contribution is 2.34. The van der Waals surface area contributed by atoms with Gasteiger partial charge in [-0.05, 0) is 24.3 Å². The van der Waals surface area contributed by atoms with Crippen molar-refractivity contribution in [2.45, 2.75) is 6.18 Å². The molecule has 1 N–H and O–H groups in total. The second kappa shape index (κ2) is 6.82. The predicted octanol–water partition coefficient (Wildman–Crippen LogP) is 3.99. The van der Waals surface area contributed by atoms with Crippen LogP contribution in [-0.2, 0) is 11.0 Å². The number of aliphatic carboxylic acids is 1. The van der Waals surface area contributed by atoms with Gasteiger partial charge in [-0.25, -0.2) is 9.97 Å². The number of nitrogens with zero attached hydrogens (tertiary/aromatic N) is 3. The van der Waals surface area contributed by atoms with Crippen molar-refractivity contribution in [3.8, 4) is 11.3 Å². The van der Waals surface area contributed by atoms with E-state index in [2.05, 4.69) is 9.97 Å². The summed E-state index contributed by atoms with van der Waals surface area (Å²) < 4.78 is 39.3. The van der Waals surface area contributed by atoms with E-state index in [9.17, 15) is 18.0 Å². The molecular weight excluding hydrogens is 370 g/mol. The van der Waals surface area contributed by atoms with Gasteiger partial charge in [-0.3, -0.25) is 4.79 Å². The zero-order chi connectivity index (χ0) is 18.1. The van der Waals surface area contributed by atoms with Crippen molar-refractivity contribution in [3.63, 3.8) is 0 Å². The summed E-state index contributed by atoms with van der Waals surface area (Å²) in [4.78, 5) is 19.1. The molecule has 1 aromatic heterocycles. The molecule has 0 saturated heterocycles. The number of halogens is 5. The lowest BCUT2D eigenvalue weighted by molar-refractivity contribution is -0.141. The zero-order valence-electron chi connectivity index (χ0n) is 12.1. The summed E-state index contributed by atoms with van der Waals surface area (Å²) in [7, 11) is 1.27. The molecule has 0 aliphatic carbocycles. The van der Waals surface area contributed by atoms with Gasteiger partial charge >= 0.3 is 12.1 Å². The molecule has 0 aliphatic rings. The summed E-state index contributed by atoms with van der Waals surface area (Å²) in [6, 6.07) is 5.01. The van der Waals surface area contributed by atoms with Crippen LogP contribution in [-0.4, -0.2) is 34.6 Å². The Hall–Kier alpha value is -2.06. The lowest BCUT2D eigenvalue weighted by Gasteiger charge is -2.18. The van der Waals surface area contributed by atoms with Crippen molar-refractivity contribution in [1.82, 2.24) is 9.97 Å². The normalized spacial score (nSPS) is 11.4.